The highest BCUT2D eigenvalue weighted by molar-refractivity contribution is 5.57. The van der Waals surface area contributed by atoms with Gasteiger partial charge in [-0.05, 0) is 49.4 Å². The lowest BCUT2D eigenvalue weighted by molar-refractivity contribution is -0.160. The van der Waals surface area contributed by atoms with Crippen molar-refractivity contribution in [1.82, 2.24) is 9.97 Å². The van der Waals surface area contributed by atoms with Gasteiger partial charge in [-0.25, -0.2) is 23.1 Å². The minimum absolute atomic E-state index is 0.00116. The van der Waals surface area contributed by atoms with E-state index in [1.54, 1.807) is 6.92 Å². The van der Waals surface area contributed by atoms with Crippen molar-refractivity contribution in [2.24, 2.45) is 0 Å². The summed E-state index contributed by atoms with van der Waals surface area (Å²) in [4.78, 5) is 7.21. The van der Waals surface area contributed by atoms with Gasteiger partial charge in [0.05, 0.1) is 23.6 Å². The summed E-state index contributed by atoms with van der Waals surface area (Å²) in [6, 6.07) is 3.52. The van der Waals surface area contributed by atoms with E-state index in [1.165, 1.54) is 12.1 Å². The summed E-state index contributed by atoms with van der Waals surface area (Å²) in [6.07, 6.45) is -2.82. The lowest BCUT2D eigenvalue weighted by Gasteiger charge is -2.33. The van der Waals surface area contributed by atoms with Gasteiger partial charge < -0.3 is 9.47 Å². The summed E-state index contributed by atoms with van der Waals surface area (Å²) in [5.41, 5.74) is -1.30. The van der Waals surface area contributed by atoms with E-state index in [0.29, 0.717) is 12.8 Å². The fourth-order valence-corrected chi connectivity index (χ4v) is 4.56. The zero-order valence-corrected chi connectivity index (χ0v) is 22.2. The summed E-state index contributed by atoms with van der Waals surface area (Å²) in [7, 11) is 0. The molecule has 0 spiro atoms. The first-order valence-electron chi connectivity index (χ1n) is 13.5. The lowest BCUT2D eigenvalue weighted by Crippen LogP contribution is -2.40. The first kappa shape index (κ1) is 31.1. The highest BCUT2D eigenvalue weighted by Crippen LogP contribution is 2.44. The van der Waals surface area contributed by atoms with Gasteiger partial charge in [-0.1, -0.05) is 46.0 Å². The highest BCUT2D eigenvalue weighted by atomic mass is 19.3. The molecule has 1 aliphatic carbocycles. The van der Waals surface area contributed by atoms with Crippen molar-refractivity contribution >= 4 is 0 Å². The number of hydrogen-bond donors (Lipinski definition) is 0. The molecule has 4 atom stereocenters. The Morgan fingerprint density at radius 3 is 2.33 bits per heavy atom. The van der Waals surface area contributed by atoms with E-state index >= 15 is 8.78 Å². The maximum absolute atomic E-state index is 15.2. The number of rotatable bonds is 15. The van der Waals surface area contributed by atoms with Crippen LogP contribution in [0.15, 0.2) is 18.2 Å². The van der Waals surface area contributed by atoms with E-state index in [-0.39, 0.29) is 42.6 Å². The molecule has 4 nitrogen and oxygen atoms in total. The zero-order chi connectivity index (χ0) is 28.6. The molecule has 11 heteroatoms. The number of nitrogens with zero attached hydrogens (tertiary/aromatic N) is 2. The van der Waals surface area contributed by atoms with Gasteiger partial charge >= 0.3 is 5.92 Å². The lowest BCUT2D eigenvalue weighted by atomic mass is 9.86. The Morgan fingerprint density at radius 1 is 0.897 bits per heavy atom. The predicted octanol–water partition coefficient (Wildman–Crippen LogP) is 8.01. The van der Waals surface area contributed by atoms with Gasteiger partial charge in [0.25, 0.3) is 5.95 Å². The second-order valence-electron chi connectivity index (χ2n) is 9.88. The first-order chi connectivity index (χ1) is 18.6. The Bertz CT molecular complexity index is 1070. The number of unbranched alkanes of at least 4 members (excludes halogenated alkanes) is 3. The van der Waals surface area contributed by atoms with Crippen LogP contribution < -0.4 is 4.74 Å². The van der Waals surface area contributed by atoms with Crippen LogP contribution in [0.25, 0.3) is 11.4 Å². The number of aryl methyl sites for hydroxylation is 1. The molecule has 0 saturated carbocycles. The Balaban J connectivity index is 1.68. The van der Waals surface area contributed by atoms with Crippen molar-refractivity contribution in [1.29, 1.82) is 0 Å². The molecule has 0 aliphatic heterocycles. The van der Waals surface area contributed by atoms with E-state index < -0.39 is 67.0 Å². The summed E-state index contributed by atoms with van der Waals surface area (Å²) in [5, 5.41) is 0. The Kier molecular flexibility index (Phi) is 11.4. The Labute approximate surface area is 224 Å². The second kappa shape index (κ2) is 14.3. The Hall–Kier alpha value is -2.43. The van der Waals surface area contributed by atoms with Crippen molar-refractivity contribution in [3.05, 3.63) is 41.2 Å². The van der Waals surface area contributed by atoms with Crippen LogP contribution >= 0.6 is 0 Å². The van der Waals surface area contributed by atoms with Crippen LogP contribution in [0, 0.1) is 11.9 Å². The molecular formula is C28H35F7N2O2. The number of alkyl halides is 5. The summed E-state index contributed by atoms with van der Waals surface area (Å²) < 4.78 is 111. The quantitative estimate of drug-likeness (QED) is 0.125. The van der Waals surface area contributed by atoms with E-state index in [9.17, 15) is 22.0 Å². The van der Waals surface area contributed by atoms with Crippen LogP contribution in [-0.4, -0.2) is 47.8 Å². The average Bonchev–Trinajstić information content (AvgIpc) is 2.89. The fraction of sp³-hybridized carbons (Fsp3) is 0.643. The molecule has 0 bridgehead atoms. The smallest absolute Gasteiger partial charge is 0.303 e. The molecule has 4 unspecified atom stereocenters. The van der Waals surface area contributed by atoms with Gasteiger partial charge in [0.2, 0.25) is 5.95 Å². The predicted molar refractivity (Wildman–Crippen MR) is 133 cm³/mol. The molecule has 2 heterocycles. The third kappa shape index (κ3) is 8.05. The van der Waals surface area contributed by atoms with Gasteiger partial charge in [0, 0.05) is 0 Å². The standard InChI is InChI=1S/C28H35F7N2O2/c1-3-5-6-7-9-18(29)15-39-24-13-10-17-14-22(37-27(33)25(17)28(24,34)35)21-11-12-23(26(32)36-21)38-16-20(31)19(30)8-4-2/h11-12,14,18-20,24H,3-10,13,15-16H2,1-2H3. The molecule has 218 valence electrons. The van der Waals surface area contributed by atoms with Gasteiger partial charge in [0.1, 0.15) is 25.1 Å². The SMILES string of the molecule is CCCCCCC(F)COC1CCc2cc(-c3ccc(OCC(F)C(F)CCC)c(F)n3)nc(F)c2C1(F)F. The molecule has 0 aromatic carbocycles. The second-order valence-corrected chi connectivity index (χ2v) is 9.88. The first-order valence-corrected chi connectivity index (χ1v) is 13.5. The third-order valence-electron chi connectivity index (χ3n) is 6.75. The number of halogens is 7. The van der Waals surface area contributed by atoms with Crippen molar-refractivity contribution < 1.29 is 40.2 Å². The molecular weight excluding hydrogens is 529 g/mol. The number of hydrogen-bond acceptors (Lipinski definition) is 4. The van der Waals surface area contributed by atoms with E-state index in [1.807, 2.05) is 6.92 Å². The third-order valence-corrected chi connectivity index (χ3v) is 6.75. The van der Waals surface area contributed by atoms with Crippen molar-refractivity contribution in [3.63, 3.8) is 0 Å². The number of pyridine rings is 2. The van der Waals surface area contributed by atoms with E-state index in [2.05, 4.69) is 9.97 Å². The highest BCUT2D eigenvalue weighted by Gasteiger charge is 2.49. The normalized spacial score (nSPS) is 18.8. The molecule has 0 amide bonds. The number of fused-ring (bicyclic) bond motifs is 1. The maximum atomic E-state index is 15.2. The van der Waals surface area contributed by atoms with Crippen LogP contribution in [0.4, 0.5) is 30.7 Å². The summed E-state index contributed by atoms with van der Waals surface area (Å²) in [5.74, 6) is -6.80. The van der Waals surface area contributed by atoms with Gasteiger partial charge in [0.15, 0.2) is 11.9 Å². The number of ether oxygens (including phenoxy) is 2. The monoisotopic (exact) mass is 564 g/mol. The van der Waals surface area contributed by atoms with Crippen molar-refractivity contribution in [2.75, 3.05) is 13.2 Å². The van der Waals surface area contributed by atoms with Gasteiger partial charge in [-0.15, -0.1) is 0 Å². The van der Waals surface area contributed by atoms with E-state index in [0.717, 1.165) is 25.3 Å². The fourth-order valence-electron chi connectivity index (χ4n) is 4.56. The van der Waals surface area contributed by atoms with Crippen molar-refractivity contribution in [2.45, 2.75) is 102 Å². The van der Waals surface area contributed by atoms with E-state index in [4.69, 9.17) is 9.47 Å². The topological polar surface area (TPSA) is 44.2 Å². The molecule has 3 rings (SSSR count). The molecule has 2 aromatic heterocycles. The largest absolute Gasteiger partial charge is 0.486 e. The average molecular weight is 565 g/mol. The maximum Gasteiger partial charge on any atom is 0.303 e. The van der Waals surface area contributed by atoms with Crippen LogP contribution in [-0.2, 0) is 17.1 Å². The van der Waals surface area contributed by atoms with Crippen molar-refractivity contribution in [3.8, 4) is 17.1 Å². The van der Waals surface area contributed by atoms with Crippen LogP contribution in [0.3, 0.4) is 0 Å². The van der Waals surface area contributed by atoms with Gasteiger partial charge in [-0.3, -0.25) is 0 Å². The minimum atomic E-state index is -3.74. The van der Waals surface area contributed by atoms with Gasteiger partial charge in [-0.2, -0.15) is 17.6 Å². The number of aromatic nitrogens is 2. The molecule has 39 heavy (non-hydrogen) atoms. The zero-order valence-electron chi connectivity index (χ0n) is 22.2. The molecule has 0 radical (unpaired) electrons. The van der Waals surface area contributed by atoms with Crippen LogP contribution in [0.2, 0.25) is 0 Å². The Morgan fingerprint density at radius 2 is 1.64 bits per heavy atom. The summed E-state index contributed by atoms with van der Waals surface area (Å²) >= 11 is 0. The molecule has 0 fully saturated rings. The molecule has 2 aromatic rings. The molecule has 1 aliphatic rings. The molecule has 0 N–H and O–H groups in total. The minimum Gasteiger partial charge on any atom is -0.486 e. The van der Waals surface area contributed by atoms with Crippen LogP contribution in [0.1, 0.15) is 76.3 Å². The molecule has 0 saturated heterocycles. The van der Waals surface area contributed by atoms with Crippen LogP contribution in [0.5, 0.6) is 5.75 Å². The summed E-state index contributed by atoms with van der Waals surface area (Å²) in [6.45, 7) is 2.51.